The summed E-state index contributed by atoms with van der Waals surface area (Å²) in [5, 5.41) is 14.3. The lowest BCUT2D eigenvalue weighted by molar-refractivity contribution is -0.00286. The first-order valence-corrected chi connectivity index (χ1v) is 4.18. The van der Waals surface area contributed by atoms with E-state index in [1.165, 1.54) is 6.07 Å². The van der Waals surface area contributed by atoms with Crippen molar-refractivity contribution in [3.05, 3.63) is 17.5 Å². The number of nitrogens with one attached hydrogen (secondary N) is 1. The summed E-state index contributed by atoms with van der Waals surface area (Å²) in [6.45, 7) is 1.09. The molecule has 1 atom stereocenters. The number of alkyl halides is 2. The van der Waals surface area contributed by atoms with Gasteiger partial charge in [0.05, 0.1) is 5.69 Å². The summed E-state index contributed by atoms with van der Waals surface area (Å²) in [5.41, 5.74) is 0.509. The second kappa shape index (κ2) is 4.83. The largest absolute Gasteiger partial charge is 0.385 e. The first kappa shape index (κ1) is 11.6. The minimum atomic E-state index is -2.89. The van der Waals surface area contributed by atoms with Crippen LogP contribution >= 0.6 is 0 Å². The molecule has 5 nitrogen and oxygen atoms in total. The number of halogens is 2. The van der Waals surface area contributed by atoms with E-state index in [1.807, 2.05) is 0 Å². The highest BCUT2D eigenvalue weighted by atomic mass is 19.3. The van der Waals surface area contributed by atoms with E-state index in [2.05, 4.69) is 15.0 Å². The molecule has 0 saturated carbocycles. The van der Waals surface area contributed by atoms with Crippen LogP contribution in [0.25, 0.3) is 0 Å². The van der Waals surface area contributed by atoms with Gasteiger partial charge in [0.25, 0.3) is 12.3 Å². The van der Waals surface area contributed by atoms with Gasteiger partial charge in [0, 0.05) is 12.6 Å². The van der Waals surface area contributed by atoms with E-state index in [0.29, 0.717) is 5.69 Å². The van der Waals surface area contributed by atoms with Crippen LogP contribution in [0, 0.1) is 6.92 Å². The summed E-state index contributed by atoms with van der Waals surface area (Å²) >= 11 is 0. The molecule has 0 aliphatic rings. The fraction of sp³-hybridized carbons (Fsp3) is 0.500. The van der Waals surface area contributed by atoms with Gasteiger partial charge in [-0.2, -0.15) is 0 Å². The molecule has 7 heteroatoms. The van der Waals surface area contributed by atoms with Crippen LogP contribution in [-0.2, 0) is 0 Å². The minimum absolute atomic E-state index is 0.0750. The zero-order valence-corrected chi connectivity index (χ0v) is 7.91. The Labute approximate surface area is 84.1 Å². The van der Waals surface area contributed by atoms with Gasteiger partial charge in [-0.3, -0.25) is 4.79 Å². The molecule has 1 amide bonds. The number of carbonyl (C=O) groups excluding carboxylic acids is 1. The van der Waals surface area contributed by atoms with Crippen molar-refractivity contribution < 1.29 is 23.2 Å². The number of aromatic nitrogens is 1. The molecule has 0 aliphatic heterocycles. The second-order valence-electron chi connectivity index (χ2n) is 2.94. The van der Waals surface area contributed by atoms with Crippen LogP contribution in [0.15, 0.2) is 10.6 Å². The van der Waals surface area contributed by atoms with E-state index >= 15 is 0 Å². The fourth-order valence-corrected chi connectivity index (χ4v) is 0.844. The minimum Gasteiger partial charge on any atom is -0.385 e. The number of carbonyl (C=O) groups is 1. The van der Waals surface area contributed by atoms with Crippen LogP contribution in [0.1, 0.15) is 16.2 Å². The number of amides is 1. The lowest BCUT2D eigenvalue weighted by Crippen LogP contribution is -2.35. The molecule has 84 valence electrons. The van der Waals surface area contributed by atoms with Crippen molar-refractivity contribution in [2.24, 2.45) is 0 Å². The van der Waals surface area contributed by atoms with Gasteiger partial charge in [0.15, 0.2) is 0 Å². The number of aliphatic hydroxyl groups excluding tert-OH is 1. The van der Waals surface area contributed by atoms with Crippen LogP contribution in [0.3, 0.4) is 0 Å². The van der Waals surface area contributed by atoms with Crippen molar-refractivity contribution in [2.45, 2.75) is 19.5 Å². The third kappa shape index (κ3) is 3.28. The Morgan fingerprint density at radius 2 is 2.40 bits per heavy atom. The van der Waals surface area contributed by atoms with Gasteiger partial charge in [0.1, 0.15) is 6.10 Å². The number of hydrogen-bond donors (Lipinski definition) is 2. The normalized spacial score (nSPS) is 12.9. The molecule has 1 unspecified atom stereocenters. The molecule has 0 aliphatic carbocycles. The Morgan fingerprint density at radius 1 is 1.73 bits per heavy atom. The fourth-order valence-electron chi connectivity index (χ4n) is 0.844. The lowest BCUT2D eigenvalue weighted by Gasteiger charge is -2.08. The van der Waals surface area contributed by atoms with Crippen LogP contribution in [0.2, 0.25) is 0 Å². The lowest BCUT2D eigenvalue weighted by atomic mass is 10.3. The predicted molar refractivity (Wildman–Crippen MR) is 45.6 cm³/mol. The molecule has 0 spiro atoms. The maximum Gasteiger partial charge on any atom is 0.289 e. The average Bonchev–Trinajstić information content (AvgIpc) is 2.60. The number of hydrogen-bond acceptors (Lipinski definition) is 4. The van der Waals surface area contributed by atoms with Crippen molar-refractivity contribution in [3.63, 3.8) is 0 Å². The molecule has 0 fully saturated rings. The third-order valence-electron chi connectivity index (χ3n) is 1.61. The zero-order valence-electron chi connectivity index (χ0n) is 7.91. The van der Waals surface area contributed by atoms with E-state index in [-0.39, 0.29) is 5.76 Å². The van der Waals surface area contributed by atoms with Crippen LogP contribution < -0.4 is 5.32 Å². The standard InChI is InChI=1S/C8H10F2N2O3/c1-4-2-6(15-12-4)8(14)11-3-5(13)7(9)10/h2,5,7,13H,3H2,1H3,(H,11,14). The Hall–Kier alpha value is -1.50. The van der Waals surface area contributed by atoms with E-state index in [0.717, 1.165) is 0 Å². The zero-order chi connectivity index (χ0) is 11.4. The molecule has 1 aromatic rings. The summed E-state index contributed by atoms with van der Waals surface area (Å²) in [6, 6.07) is 1.37. The quantitative estimate of drug-likeness (QED) is 0.767. The number of aryl methyl sites for hydroxylation is 1. The first-order chi connectivity index (χ1) is 7.00. The SMILES string of the molecule is Cc1cc(C(=O)NCC(O)C(F)F)on1. The van der Waals surface area contributed by atoms with Crippen LogP contribution in [-0.4, -0.2) is 35.2 Å². The molecule has 0 saturated heterocycles. The van der Waals surface area contributed by atoms with E-state index in [1.54, 1.807) is 6.92 Å². The molecule has 2 N–H and O–H groups in total. The Bertz CT molecular complexity index is 340. The molecule has 0 radical (unpaired) electrons. The van der Waals surface area contributed by atoms with Gasteiger partial charge < -0.3 is 14.9 Å². The highest BCUT2D eigenvalue weighted by Crippen LogP contribution is 2.03. The van der Waals surface area contributed by atoms with Crippen molar-refractivity contribution in [1.29, 1.82) is 0 Å². The van der Waals surface area contributed by atoms with Crippen molar-refractivity contribution in [3.8, 4) is 0 Å². The van der Waals surface area contributed by atoms with Gasteiger partial charge in [-0.25, -0.2) is 8.78 Å². The second-order valence-corrected chi connectivity index (χ2v) is 2.94. The predicted octanol–water partition coefficient (Wildman–Crippen LogP) is 0.339. The van der Waals surface area contributed by atoms with Gasteiger partial charge in [-0.15, -0.1) is 0 Å². The topological polar surface area (TPSA) is 75.4 Å². The maximum atomic E-state index is 11.8. The molecule has 1 heterocycles. The summed E-state index contributed by atoms with van der Waals surface area (Å²) in [6.07, 6.45) is -4.76. The monoisotopic (exact) mass is 220 g/mol. The number of aliphatic hydroxyl groups is 1. The highest BCUT2D eigenvalue weighted by Gasteiger charge is 2.19. The summed E-state index contributed by atoms with van der Waals surface area (Å²) in [7, 11) is 0. The summed E-state index contributed by atoms with van der Waals surface area (Å²) in [4.78, 5) is 11.2. The van der Waals surface area contributed by atoms with E-state index in [9.17, 15) is 13.6 Å². The van der Waals surface area contributed by atoms with Crippen molar-refractivity contribution in [2.75, 3.05) is 6.54 Å². The molecule has 0 bridgehead atoms. The summed E-state index contributed by atoms with van der Waals surface area (Å²) < 4.78 is 28.3. The summed E-state index contributed by atoms with van der Waals surface area (Å²) in [5.74, 6) is -0.760. The van der Waals surface area contributed by atoms with Gasteiger partial charge in [-0.1, -0.05) is 5.16 Å². The van der Waals surface area contributed by atoms with Crippen LogP contribution in [0.4, 0.5) is 8.78 Å². The Balaban J connectivity index is 2.43. The van der Waals surface area contributed by atoms with Crippen LogP contribution in [0.5, 0.6) is 0 Å². The van der Waals surface area contributed by atoms with Crippen molar-refractivity contribution >= 4 is 5.91 Å². The molecular weight excluding hydrogens is 210 g/mol. The van der Waals surface area contributed by atoms with Crippen molar-refractivity contribution in [1.82, 2.24) is 10.5 Å². The van der Waals surface area contributed by atoms with E-state index in [4.69, 9.17) is 5.11 Å². The number of rotatable bonds is 4. The van der Waals surface area contributed by atoms with E-state index < -0.39 is 25.0 Å². The average molecular weight is 220 g/mol. The molecular formula is C8H10F2N2O3. The van der Waals surface area contributed by atoms with Gasteiger partial charge >= 0.3 is 0 Å². The molecule has 0 aromatic carbocycles. The first-order valence-electron chi connectivity index (χ1n) is 4.18. The third-order valence-corrected chi connectivity index (χ3v) is 1.61. The van der Waals surface area contributed by atoms with Gasteiger partial charge in [0.2, 0.25) is 5.76 Å². The van der Waals surface area contributed by atoms with Gasteiger partial charge in [-0.05, 0) is 6.92 Å². The maximum absolute atomic E-state index is 11.8. The molecule has 15 heavy (non-hydrogen) atoms. The number of nitrogens with zero attached hydrogens (tertiary/aromatic N) is 1. The highest BCUT2D eigenvalue weighted by molar-refractivity contribution is 5.91. The molecule has 1 rings (SSSR count). The Kier molecular flexibility index (Phi) is 3.73. The molecule has 1 aromatic heterocycles. The smallest absolute Gasteiger partial charge is 0.289 e. The Morgan fingerprint density at radius 3 is 2.87 bits per heavy atom.